The van der Waals surface area contributed by atoms with Gasteiger partial charge < -0.3 is 29.7 Å². The highest BCUT2D eigenvalue weighted by molar-refractivity contribution is 7.80. The molecule has 0 saturated heterocycles. The lowest BCUT2D eigenvalue weighted by Gasteiger charge is -2.37. The third-order valence-electron chi connectivity index (χ3n) is 5.54. The van der Waals surface area contributed by atoms with Crippen LogP contribution in [0.3, 0.4) is 0 Å². The quantitative estimate of drug-likeness (QED) is 0.430. The summed E-state index contributed by atoms with van der Waals surface area (Å²) in [4.78, 5) is 27.8. The van der Waals surface area contributed by atoms with E-state index >= 15 is 0 Å². The zero-order valence-corrected chi connectivity index (χ0v) is 20.7. The molecule has 180 valence electrons. The number of nitrogens with one attached hydrogen (secondary N) is 2. The van der Waals surface area contributed by atoms with E-state index in [2.05, 4.69) is 10.6 Å². The van der Waals surface area contributed by atoms with Gasteiger partial charge in [0.1, 0.15) is 17.1 Å². The molecule has 9 heteroatoms. The van der Waals surface area contributed by atoms with Crippen molar-refractivity contribution in [1.82, 2.24) is 10.2 Å². The van der Waals surface area contributed by atoms with Gasteiger partial charge in [-0.3, -0.25) is 4.79 Å². The van der Waals surface area contributed by atoms with Crippen LogP contribution in [0.5, 0.6) is 11.5 Å². The number of nitrogens with zero attached hydrogens (tertiary/aromatic N) is 1. The van der Waals surface area contributed by atoms with Gasteiger partial charge >= 0.3 is 5.97 Å². The summed E-state index contributed by atoms with van der Waals surface area (Å²) in [6, 6.07) is 11.9. The second-order valence-corrected chi connectivity index (χ2v) is 7.85. The van der Waals surface area contributed by atoms with Crippen LogP contribution >= 0.6 is 12.2 Å². The molecule has 0 aromatic heterocycles. The minimum Gasteiger partial charge on any atom is -0.496 e. The summed E-state index contributed by atoms with van der Waals surface area (Å²) in [5.41, 5.74) is 2.80. The first-order valence-electron chi connectivity index (χ1n) is 10.9. The van der Waals surface area contributed by atoms with Crippen LogP contribution in [-0.4, -0.2) is 49.3 Å². The van der Waals surface area contributed by atoms with Crippen LogP contribution in [0.4, 0.5) is 5.69 Å². The van der Waals surface area contributed by atoms with Gasteiger partial charge in [-0.05, 0) is 62.8 Å². The van der Waals surface area contributed by atoms with E-state index in [4.69, 9.17) is 26.4 Å². The van der Waals surface area contributed by atoms with E-state index in [9.17, 15) is 9.59 Å². The first-order valence-corrected chi connectivity index (χ1v) is 11.3. The highest BCUT2D eigenvalue weighted by Crippen LogP contribution is 2.33. The Morgan fingerprint density at radius 2 is 1.74 bits per heavy atom. The Kier molecular flexibility index (Phi) is 8.12. The molecule has 0 aliphatic carbocycles. The fraction of sp³-hybridized carbons (Fsp3) is 0.320. The fourth-order valence-corrected chi connectivity index (χ4v) is 4.33. The number of methoxy groups -OCH3 is 2. The molecular formula is C25H29N3O5S. The maximum absolute atomic E-state index is 13.1. The number of thiocarbonyl (C=S) groups is 1. The Morgan fingerprint density at radius 1 is 1.09 bits per heavy atom. The van der Waals surface area contributed by atoms with Crippen LogP contribution in [-0.2, 0) is 9.53 Å². The van der Waals surface area contributed by atoms with Gasteiger partial charge in [-0.15, -0.1) is 0 Å². The van der Waals surface area contributed by atoms with Gasteiger partial charge in [-0.1, -0.05) is 18.2 Å². The Balaban J connectivity index is 1.97. The second kappa shape index (κ2) is 11.0. The maximum Gasteiger partial charge on any atom is 0.338 e. The topological polar surface area (TPSA) is 89.1 Å². The van der Waals surface area contributed by atoms with Crippen molar-refractivity contribution in [1.29, 1.82) is 0 Å². The molecule has 2 N–H and O–H groups in total. The predicted molar refractivity (Wildman–Crippen MR) is 134 cm³/mol. The lowest BCUT2D eigenvalue weighted by atomic mass is 9.94. The van der Waals surface area contributed by atoms with Crippen LogP contribution in [0.1, 0.15) is 42.7 Å². The van der Waals surface area contributed by atoms with E-state index in [1.807, 2.05) is 24.8 Å². The summed E-state index contributed by atoms with van der Waals surface area (Å²) in [5, 5.41) is 6.66. The second-order valence-electron chi connectivity index (χ2n) is 7.46. The summed E-state index contributed by atoms with van der Waals surface area (Å²) in [6.07, 6.45) is 0. The lowest BCUT2D eigenvalue weighted by Crippen LogP contribution is -2.47. The van der Waals surface area contributed by atoms with Crippen LogP contribution < -0.4 is 20.1 Å². The number of benzene rings is 2. The molecule has 0 radical (unpaired) electrons. The van der Waals surface area contributed by atoms with Crippen molar-refractivity contribution in [3.63, 3.8) is 0 Å². The normalized spacial score (nSPS) is 15.5. The van der Waals surface area contributed by atoms with Gasteiger partial charge in [0.25, 0.3) is 5.91 Å². The lowest BCUT2D eigenvalue weighted by molar-refractivity contribution is -0.139. The molecule has 0 fully saturated rings. The van der Waals surface area contributed by atoms with Gasteiger partial charge in [-0.25, -0.2) is 4.79 Å². The number of hydrogen-bond donors (Lipinski definition) is 2. The average Bonchev–Trinajstić information content (AvgIpc) is 2.83. The van der Waals surface area contributed by atoms with Gasteiger partial charge in [0.15, 0.2) is 5.11 Å². The van der Waals surface area contributed by atoms with E-state index < -0.39 is 12.0 Å². The number of hydrogen-bond acceptors (Lipinski definition) is 6. The SMILES string of the molecule is CCOC(=O)C1=C(C)N(CC)C(=S)N[C@@H]1c1cccc(NC(=O)c2c(OC)cccc2OC)c1. The molecular weight excluding hydrogens is 454 g/mol. The van der Waals surface area contributed by atoms with E-state index in [0.29, 0.717) is 34.4 Å². The first kappa shape index (κ1) is 25.0. The van der Waals surface area contributed by atoms with Crippen LogP contribution in [0.25, 0.3) is 0 Å². The van der Waals surface area contributed by atoms with Crippen molar-refractivity contribution in [2.75, 3.05) is 32.7 Å². The Bertz CT molecular complexity index is 1110. The van der Waals surface area contributed by atoms with E-state index in [1.54, 1.807) is 43.3 Å². The number of carbonyl (C=O) groups excluding carboxylic acids is 2. The molecule has 1 heterocycles. The Hall–Kier alpha value is -3.59. The summed E-state index contributed by atoms with van der Waals surface area (Å²) < 4.78 is 16.0. The molecule has 2 aromatic carbocycles. The van der Waals surface area contributed by atoms with E-state index in [0.717, 1.165) is 11.3 Å². The van der Waals surface area contributed by atoms with Crippen LogP contribution in [0, 0.1) is 0 Å². The highest BCUT2D eigenvalue weighted by Gasteiger charge is 2.34. The molecule has 1 amide bonds. The molecule has 0 bridgehead atoms. The third-order valence-corrected chi connectivity index (χ3v) is 5.88. The number of allylic oxidation sites excluding steroid dienone is 1. The third kappa shape index (κ3) is 4.99. The molecule has 8 nitrogen and oxygen atoms in total. The molecule has 3 rings (SSSR count). The minimum absolute atomic E-state index is 0.260. The minimum atomic E-state index is -0.521. The fourth-order valence-electron chi connectivity index (χ4n) is 3.95. The predicted octanol–water partition coefficient (Wildman–Crippen LogP) is 4.04. The summed E-state index contributed by atoms with van der Waals surface area (Å²) >= 11 is 5.54. The van der Waals surface area contributed by atoms with Crippen LogP contribution in [0.15, 0.2) is 53.7 Å². The summed E-state index contributed by atoms with van der Waals surface area (Å²) in [7, 11) is 2.99. The maximum atomic E-state index is 13.1. The van der Waals surface area contributed by atoms with E-state index in [1.165, 1.54) is 14.2 Å². The first-order chi connectivity index (χ1) is 16.4. The van der Waals surface area contributed by atoms with Gasteiger partial charge in [0.2, 0.25) is 0 Å². The Morgan fingerprint density at radius 3 is 2.32 bits per heavy atom. The molecule has 0 unspecified atom stereocenters. The summed E-state index contributed by atoms with van der Waals surface area (Å²) in [6.45, 7) is 6.46. The number of rotatable bonds is 8. The molecule has 0 spiro atoms. The number of carbonyl (C=O) groups is 2. The van der Waals surface area contributed by atoms with E-state index in [-0.39, 0.29) is 18.1 Å². The zero-order chi connectivity index (χ0) is 24.8. The number of ether oxygens (including phenoxy) is 3. The summed E-state index contributed by atoms with van der Waals surface area (Å²) in [5.74, 6) is 0.00458. The molecule has 1 aliphatic heterocycles. The monoisotopic (exact) mass is 483 g/mol. The highest BCUT2D eigenvalue weighted by atomic mass is 32.1. The van der Waals surface area contributed by atoms with Gasteiger partial charge in [0, 0.05) is 17.9 Å². The molecule has 1 aliphatic rings. The van der Waals surface area contributed by atoms with Crippen molar-refractivity contribution < 1.29 is 23.8 Å². The average molecular weight is 484 g/mol. The van der Waals surface area contributed by atoms with Crippen molar-refractivity contribution in [3.05, 3.63) is 64.9 Å². The molecule has 1 atom stereocenters. The number of amides is 1. The molecule has 2 aromatic rings. The number of anilines is 1. The van der Waals surface area contributed by atoms with Gasteiger partial charge in [0.05, 0.1) is 32.4 Å². The smallest absolute Gasteiger partial charge is 0.338 e. The molecule has 0 saturated carbocycles. The molecule has 34 heavy (non-hydrogen) atoms. The van der Waals surface area contributed by atoms with Crippen molar-refractivity contribution in [2.45, 2.75) is 26.8 Å². The van der Waals surface area contributed by atoms with Crippen LogP contribution in [0.2, 0.25) is 0 Å². The number of esters is 1. The van der Waals surface area contributed by atoms with Crippen molar-refractivity contribution in [3.8, 4) is 11.5 Å². The standard InChI is InChI=1S/C25H29N3O5S/c1-6-28-15(3)20(24(30)33-7-2)22(27-25(28)34)16-10-8-11-17(14-16)26-23(29)21-18(31-4)12-9-13-19(21)32-5/h8-14,22H,6-7H2,1-5H3,(H,26,29)(H,27,34)/t22-/m1/s1. The van der Waals surface area contributed by atoms with Crippen molar-refractivity contribution >= 4 is 34.9 Å². The van der Waals surface area contributed by atoms with Gasteiger partial charge in [-0.2, -0.15) is 0 Å². The van der Waals surface area contributed by atoms with Crippen molar-refractivity contribution in [2.24, 2.45) is 0 Å². The largest absolute Gasteiger partial charge is 0.496 e. The Labute approximate surface area is 204 Å². The zero-order valence-electron chi connectivity index (χ0n) is 19.9.